The highest BCUT2D eigenvalue weighted by Crippen LogP contribution is 2.03. The first-order valence-corrected chi connectivity index (χ1v) is 2.53. The highest BCUT2D eigenvalue weighted by molar-refractivity contribution is 6.29. The molecule has 0 fully saturated rings. The van der Waals surface area contributed by atoms with Gasteiger partial charge in [-0.2, -0.15) is 0 Å². The van der Waals surface area contributed by atoms with Crippen molar-refractivity contribution in [1.29, 1.82) is 0 Å². The predicted molar refractivity (Wildman–Crippen MR) is 34.7 cm³/mol. The summed E-state index contributed by atoms with van der Waals surface area (Å²) >= 11 is 5.51. The number of hydrazine groups is 1. The van der Waals surface area contributed by atoms with Gasteiger partial charge in [0.2, 0.25) is 0 Å². The van der Waals surface area contributed by atoms with Gasteiger partial charge >= 0.3 is 0 Å². The third-order valence-electron chi connectivity index (χ3n) is 0.635. The van der Waals surface area contributed by atoms with Crippen molar-refractivity contribution in [2.45, 2.75) is 6.92 Å². The summed E-state index contributed by atoms with van der Waals surface area (Å²) < 4.78 is 0. The van der Waals surface area contributed by atoms with Crippen LogP contribution in [0.1, 0.15) is 6.92 Å². The molecule has 0 aromatic heterocycles. The number of allylic oxidation sites excluding steroid dienone is 1. The molecule has 0 atom stereocenters. The Morgan fingerprint density at radius 2 is 2.00 bits per heavy atom. The number of hydrogen-bond acceptors (Lipinski definition) is 3. The fourth-order valence-corrected chi connectivity index (χ4v) is 0.278. The van der Waals surface area contributed by atoms with Crippen molar-refractivity contribution in [3.05, 3.63) is 10.9 Å². The smallest absolute Gasteiger partial charge is 0.137 e. The Balaban J connectivity index is 4.00. The third kappa shape index (κ3) is 2.04. The van der Waals surface area contributed by atoms with Gasteiger partial charge in [-0.05, 0) is 6.92 Å². The molecule has 4 N–H and O–H groups in total. The van der Waals surface area contributed by atoms with Gasteiger partial charge in [0.05, 0.1) is 0 Å². The van der Waals surface area contributed by atoms with Gasteiger partial charge in [-0.3, -0.25) is 0 Å². The molecule has 0 aliphatic heterocycles. The Bertz CT molecular complexity index is 104. The van der Waals surface area contributed by atoms with E-state index >= 15 is 0 Å². The summed E-state index contributed by atoms with van der Waals surface area (Å²) in [6.07, 6.45) is 0. The predicted octanol–water partition coefficient (Wildman–Crippen LogP) is 0.178. The van der Waals surface area contributed by atoms with Crippen LogP contribution in [0, 0.1) is 0 Å². The van der Waals surface area contributed by atoms with Crippen LogP contribution in [0.25, 0.3) is 0 Å². The van der Waals surface area contributed by atoms with Crippen molar-refractivity contribution in [1.82, 2.24) is 5.01 Å². The summed E-state index contributed by atoms with van der Waals surface area (Å²) in [5.41, 5.74) is 5.79. The molecule has 48 valence electrons. The second-order valence-corrected chi connectivity index (χ2v) is 1.94. The number of rotatable bonds is 1. The number of nitrogens with two attached hydrogens (primary N) is 2. The van der Waals surface area contributed by atoms with Crippen molar-refractivity contribution in [3.63, 3.8) is 0 Å². The van der Waals surface area contributed by atoms with E-state index in [-0.39, 0.29) is 0 Å². The molecule has 0 heterocycles. The lowest BCUT2D eigenvalue weighted by Gasteiger charge is -2.10. The molecule has 0 saturated carbocycles. The molecule has 0 radical (unpaired) electrons. The molecule has 0 aliphatic rings. The van der Waals surface area contributed by atoms with E-state index in [1.54, 1.807) is 14.0 Å². The summed E-state index contributed by atoms with van der Waals surface area (Å²) in [6, 6.07) is 0. The van der Waals surface area contributed by atoms with Gasteiger partial charge in [0.1, 0.15) is 5.16 Å². The summed E-state index contributed by atoms with van der Waals surface area (Å²) in [7, 11) is 1.62. The van der Waals surface area contributed by atoms with Gasteiger partial charge in [0, 0.05) is 12.7 Å². The van der Waals surface area contributed by atoms with Crippen LogP contribution in [0.2, 0.25) is 0 Å². The normalized spacial score (nSPS) is 13.0. The molecule has 0 bridgehead atoms. The monoisotopic (exact) mass is 135 g/mol. The first-order valence-electron chi connectivity index (χ1n) is 2.16. The number of hydrogen-bond donors (Lipinski definition) is 2. The molecular weight excluding hydrogens is 126 g/mol. The maximum Gasteiger partial charge on any atom is 0.137 e. The average molecular weight is 136 g/mol. The van der Waals surface area contributed by atoms with Gasteiger partial charge in [-0.15, -0.1) is 0 Å². The van der Waals surface area contributed by atoms with Gasteiger partial charge in [-0.25, -0.2) is 5.84 Å². The second kappa shape index (κ2) is 2.79. The second-order valence-electron chi connectivity index (χ2n) is 1.58. The molecule has 0 amide bonds. The zero-order valence-corrected chi connectivity index (χ0v) is 5.74. The van der Waals surface area contributed by atoms with Crippen molar-refractivity contribution >= 4 is 11.6 Å². The Hall–Kier alpha value is -0.410. The van der Waals surface area contributed by atoms with Crippen molar-refractivity contribution in [2.75, 3.05) is 7.05 Å². The van der Waals surface area contributed by atoms with Crippen molar-refractivity contribution in [3.8, 4) is 0 Å². The molecule has 0 unspecified atom stereocenters. The van der Waals surface area contributed by atoms with Crippen molar-refractivity contribution in [2.24, 2.45) is 11.6 Å². The van der Waals surface area contributed by atoms with E-state index in [4.69, 9.17) is 23.2 Å². The molecule has 8 heavy (non-hydrogen) atoms. The Labute approximate surface area is 53.9 Å². The molecule has 0 rings (SSSR count). The van der Waals surface area contributed by atoms with Crippen LogP contribution in [-0.4, -0.2) is 12.1 Å². The fourth-order valence-electron chi connectivity index (χ4n) is 0.278. The topological polar surface area (TPSA) is 55.3 Å². The molecule has 0 saturated heterocycles. The first kappa shape index (κ1) is 7.59. The SMILES string of the molecule is C/C(N)=C(\Cl)N(C)N. The maximum absolute atomic E-state index is 5.51. The lowest BCUT2D eigenvalue weighted by atomic mass is 10.5. The van der Waals surface area contributed by atoms with Gasteiger partial charge in [0.15, 0.2) is 0 Å². The minimum Gasteiger partial charge on any atom is -0.400 e. The maximum atomic E-state index is 5.51. The molecule has 0 aliphatic carbocycles. The van der Waals surface area contributed by atoms with E-state index in [1.807, 2.05) is 0 Å². The van der Waals surface area contributed by atoms with Crippen LogP contribution >= 0.6 is 11.6 Å². The Kier molecular flexibility index (Phi) is 2.65. The van der Waals surface area contributed by atoms with Crippen molar-refractivity contribution < 1.29 is 0 Å². The lowest BCUT2D eigenvalue weighted by Crippen LogP contribution is -2.24. The quantitative estimate of drug-likeness (QED) is 0.306. The molecular formula is C4H10ClN3. The minimum atomic E-state index is 0.380. The van der Waals surface area contributed by atoms with E-state index in [9.17, 15) is 0 Å². The Morgan fingerprint density at radius 3 is 2.00 bits per heavy atom. The van der Waals surface area contributed by atoms with Crippen LogP contribution in [-0.2, 0) is 0 Å². The molecule has 4 heteroatoms. The van der Waals surface area contributed by atoms with Crippen LogP contribution in [0.15, 0.2) is 10.9 Å². The highest BCUT2D eigenvalue weighted by Gasteiger charge is 1.95. The van der Waals surface area contributed by atoms with Crippen LogP contribution in [0.3, 0.4) is 0 Å². The van der Waals surface area contributed by atoms with Crippen LogP contribution < -0.4 is 11.6 Å². The largest absolute Gasteiger partial charge is 0.400 e. The Morgan fingerprint density at radius 1 is 1.62 bits per heavy atom. The number of nitrogens with zero attached hydrogens (tertiary/aromatic N) is 1. The summed E-state index contributed by atoms with van der Waals surface area (Å²) in [6.45, 7) is 1.69. The fraction of sp³-hybridized carbons (Fsp3) is 0.500. The minimum absolute atomic E-state index is 0.380. The van der Waals surface area contributed by atoms with Gasteiger partial charge in [0.25, 0.3) is 0 Å². The highest BCUT2D eigenvalue weighted by atomic mass is 35.5. The molecule has 0 spiro atoms. The van der Waals surface area contributed by atoms with E-state index in [1.165, 1.54) is 5.01 Å². The van der Waals surface area contributed by atoms with E-state index in [0.29, 0.717) is 10.9 Å². The van der Waals surface area contributed by atoms with Gasteiger partial charge < -0.3 is 10.7 Å². The molecule has 0 aromatic rings. The number of halogens is 1. The average Bonchev–Trinajstić information content (AvgIpc) is 1.64. The standard InChI is InChI=1S/C4H10ClN3/c1-3(6)4(5)8(2)7/h6-7H2,1-2H3/b4-3-. The third-order valence-corrected chi connectivity index (χ3v) is 1.20. The zero-order chi connectivity index (χ0) is 6.73. The zero-order valence-electron chi connectivity index (χ0n) is 4.98. The molecule has 0 aromatic carbocycles. The lowest BCUT2D eigenvalue weighted by molar-refractivity contribution is 0.464. The molecule has 3 nitrogen and oxygen atoms in total. The van der Waals surface area contributed by atoms with E-state index < -0.39 is 0 Å². The summed E-state index contributed by atoms with van der Waals surface area (Å²) in [5, 5.41) is 1.64. The summed E-state index contributed by atoms with van der Waals surface area (Å²) in [5.74, 6) is 5.20. The van der Waals surface area contributed by atoms with E-state index in [2.05, 4.69) is 0 Å². The first-order chi connectivity index (χ1) is 3.55. The van der Waals surface area contributed by atoms with Crippen LogP contribution in [0.4, 0.5) is 0 Å². The van der Waals surface area contributed by atoms with Gasteiger partial charge in [-0.1, -0.05) is 11.6 Å². The summed E-state index contributed by atoms with van der Waals surface area (Å²) in [4.78, 5) is 0. The van der Waals surface area contributed by atoms with E-state index in [0.717, 1.165) is 0 Å². The van der Waals surface area contributed by atoms with Crippen LogP contribution in [0.5, 0.6) is 0 Å².